The number of hydrogen-bond acceptors (Lipinski definition) is 4. The molecule has 0 aromatic carbocycles. The Hall–Kier alpha value is -0.950. The van der Waals surface area contributed by atoms with Gasteiger partial charge in [0.2, 0.25) is 0 Å². The molecule has 1 aliphatic carbocycles. The van der Waals surface area contributed by atoms with E-state index in [0.717, 1.165) is 12.8 Å². The van der Waals surface area contributed by atoms with Gasteiger partial charge in [-0.2, -0.15) is 11.8 Å². The minimum atomic E-state index is -1.42. The smallest absolute Gasteiger partial charge is 0.332 e. The van der Waals surface area contributed by atoms with Gasteiger partial charge in [-0.25, -0.2) is 9.59 Å². The summed E-state index contributed by atoms with van der Waals surface area (Å²) in [6.07, 6.45) is 6.57. The lowest BCUT2D eigenvalue weighted by atomic mass is 9.88. The van der Waals surface area contributed by atoms with Crippen LogP contribution in [0, 0.1) is 0 Å². The van der Waals surface area contributed by atoms with E-state index in [1.807, 2.05) is 11.8 Å². The summed E-state index contributed by atoms with van der Waals surface area (Å²) in [6.45, 7) is 0.771. The molecule has 0 radical (unpaired) electrons. The number of carboxylic acid groups (broad SMARTS) is 1. The SMILES string of the molecule is CSC1(CNC(=O)NCCC(O)C(=O)O)CCCCC1. The Kier molecular flexibility index (Phi) is 7.15. The summed E-state index contributed by atoms with van der Waals surface area (Å²) in [6, 6.07) is -0.304. The minimum absolute atomic E-state index is 0.0103. The second kappa shape index (κ2) is 8.36. The molecule has 0 aromatic rings. The normalized spacial score (nSPS) is 19.1. The van der Waals surface area contributed by atoms with Crippen molar-refractivity contribution in [1.29, 1.82) is 0 Å². The van der Waals surface area contributed by atoms with Crippen LogP contribution in [-0.2, 0) is 4.79 Å². The number of carbonyl (C=O) groups excluding carboxylic acids is 1. The molecule has 1 atom stereocenters. The van der Waals surface area contributed by atoms with Crippen LogP contribution in [0.4, 0.5) is 4.79 Å². The van der Waals surface area contributed by atoms with Crippen molar-refractivity contribution in [3.63, 3.8) is 0 Å². The number of aliphatic hydroxyl groups excluding tert-OH is 1. The van der Waals surface area contributed by atoms with Crippen molar-refractivity contribution in [2.45, 2.75) is 49.4 Å². The highest BCUT2D eigenvalue weighted by Gasteiger charge is 2.31. The maximum atomic E-state index is 11.6. The van der Waals surface area contributed by atoms with E-state index in [1.165, 1.54) is 19.3 Å². The van der Waals surface area contributed by atoms with Gasteiger partial charge in [-0.05, 0) is 19.1 Å². The maximum Gasteiger partial charge on any atom is 0.332 e. The summed E-state index contributed by atoms with van der Waals surface area (Å²) in [4.78, 5) is 22.0. The first-order chi connectivity index (χ1) is 9.49. The van der Waals surface area contributed by atoms with Crippen molar-refractivity contribution in [1.82, 2.24) is 10.6 Å². The molecule has 2 amide bonds. The summed E-state index contributed by atoms with van der Waals surface area (Å²) < 4.78 is 0.135. The second-order valence-corrected chi connectivity index (χ2v) is 6.47. The number of amides is 2. The van der Waals surface area contributed by atoms with E-state index in [2.05, 4.69) is 16.9 Å². The van der Waals surface area contributed by atoms with Crippen molar-refractivity contribution in [3.05, 3.63) is 0 Å². The highest BCUT2D eigenvalue weighted by molar-refractivity contribution is 8.00. The molecule has 116 valence electrons. The fourth-order valence-electron chi connectivity index (χ4n) is 2.40. The first kappa shape index (κ1) is 17.1. The summed E-state index contributed by atoms with van der Waals surface area (Å²) >= 11 is 1.81. The number of nitrogens with one attached hydrogen (secondary N) is 2. The van der Waals surface area contributed by atoms with Crippen LogP contribution in [-0.4, -0.2) is 52.4 Å². The fourth-order valence-corrected chi connectivity index (χ4v) is 3.31. The van der Waals surface area contributed by atoms with Gasteiger partial charge < -0.3 is 20.8 Å². The highest BCUT2D eigenvalue weighted by atomic mass is 32.2. The Bertz CT molecular complexity index is 332. The highest BCUT2D eigenvalue weighted by Crippen LogP contribution is 2.37. The van der Waals surface area contributed by atoms with E-state index >= 15 is 0 Å². The van der Waals surface area contributed by atoms with Gasteiger partial charge in [-0.3, -0.25) is 0 Å². The zero-order chi connectivity index (χ0) is 15.0. The molecule has 0 aromatic heterocycles. The van der Waals surface area contributed by atoms with Gasteiger partial charge in [0.05, 0.1) is 0 Å². The number of carbonyl (C=O) groups is 2. The molecule has 1 unspecified atom stereocenters. The molecule has 0 spiro atoms. The zero-order valence-corrected chi connectivity index (χ0v) is 12.7. The van der Waals surface area contributed by atoms with Crippen molar-refractivity contribution in [2.24, 2.45) is 0 Å². The second-order valence-electron chi connectivity index (χ2n) is 5.20. The maximum absolute atomic E-state index is 11.6. The van der Waals surface area contributed by atoms with Gasteiger partial charge >= 0.3 is 12.0 Å². The third-order valence-electron chi connectivity index (χ3n) is 3.76. The lowest BCUT2D eigenvalue weighted by molar-refractivity contribution is -0.146. The van der Waals surface area contributed by atoms with Crippen LogP contribution in [0.2, 0.25) is 0 Å². The summed E-state index contributed by atoms with van der Waals surface area (Å²) in [5, 5.41) is 23.0. The van der Waals surface area contributed by atoms with E-state index in [1.54, 1.807) is 0 Å². The van der Waals surface area contributed by atoms with E-state index in [-0.39, 0.29) is 23.7 Å². The average Bonchev–Trinajstić information content (AvgIpc) is 2.46. The van der Waals surface area contributed by atoms with Gasteiger partial charge in [0.25, 0.3) is 0 Å². The summed E-state index contributed by atoms with van der Waals surface area (Å²) in [5.74, 6) is -1.27. The van der Waals surface area contributed by atoms with Crippen molar-refractivity contribution in [2.75, 3.05) is 19.3 Å². The van der Waals surface area contributed by atoms with Crippen LogP contribution in [0.5, 0.6) is 0 Å². The van der Waals surface area contributed by atoms with E-state index < -0.39 is 12.1 Å². The Morgan fingerprint density at radius 3 is 2.45 bits per heavy atom. The van der Waals surface area contributed by atoms with Gasteiger partial charge in [0, 0.05) is 24.3 Å². The van der Waals surface area contributed by atoms with E-state index in [9.17, 15) is 9.59 Å². The fraction of sp³-hybridized carbons (Fsp3) is 0.846. The van der Waals surface area contributed by atoms with Gasteiger partial charge in [0.15, 0.2) is 6.10 Å². The lowest BCUT2D eigenvalue weighted by Crippen LogP contribution is -2.46. The quantitative estimate of drug-likeness (QED) is 0.566. The molecule has 1 saturated carbocycles. The molecule has 0 bridgehead atoms. The lowest BCUT2D eigenvalue weighted by Gasteiger charge is -2.35. The molecule has 0 heterocycles. The molecule has 6 nitrogen and oxygen atoms in total. The average molecular weight is 304 g/mol. The monoisotopic (exact) mass is 304 g/mol. The molecule has 1 aliphatic rings. The van der Waals surface area contributed by atoms with Crippen molar-refractivity contribution in [3.8, 4) is 0 Å². The number of hydrogen-bond donors (Lipinski definition) is 4. The van der Waals surface area contributed by atoms with Crippen LogP contribution < -0.4 is 10.6 Å². The predicted octanol–water partition coefficient (Wildman–Crippen LogP) is 1.19. The first-order valence-corrected chi connectivity index (χ1v) is 8.19. The standard InChI is InChI=1S/C13H24N2O4S/c1-20-13(6-3-2-4-7-13)9-15-12(19)14-8-5-10(16)11(17)18/h10,16H,2-9H2,1H3,(H,17,18)(H2,14,15,19). The summed E-state index contributed by atoms with van der Waals surface area (Å²) in [7, 11) is 0. The molecule has 1 rings (SSSR count). The number of rotatable bonds is 7. The molecule has 7 heteroatoms. The molecule has 20 heavy (non-hydrogen) atoms. The molecule has 0 saturated heterocycles. The Morgan fingerprint density at radius 1 is 1.25 bits per heavy atom. The Balaban J connectivity index is 2.23. The molecular formula is C13H24N2O4S. The number of urea groups is 1. The number of thioether (sulfide) groups is 1. The molecule has 1 fully saturated rings. The number of aliphatic hydroxyl groups is 1. The van der Waals surface area contributed by atoms with Crippen LogP contribution in [0.15, 0.2) is 0 Å². The Labute approximate surface area is 123 Å². The van der Waals surface area contributed by atoms with Crippen molar-refractivity contribution >= 4 is 23.8 Å². The molecule has 4 N–H and O–H groups in total. The number of aliphatic carboxylic acids is 1. The van der Waals surface area contributed by atoms with Gasteiger partial charge in [0.1, 0.15) is 0 Å². The van der Waals surface area contributed by atoms with Crippen LogP contribution >= 0.6 is 11.8 Å². The zero-order valence-electron chi connectivity index (χ0n) is 11.9. The number of carboxylic acids is 1. The largest absolute Gasteiger partial charge is 0.479 e. The third kappa shape index (κ3) is 5.58. The van der Waals surface area contributed by atoms with Crippen molar-refractivity contribution < 1.29 is 19.8 Å². The Morgan fingerprint density at radius 2 is 1.90 bits per heavy atom. The van der Waals surface area contributed by atoms with Crippen LogP contribution in [0.25, 0.3) is 0 Å². The van der Waals surface area contributed by atoms with E-state index in [0.29, 0.717) is 6.54 Å². The predicted molar refractivity (Wildman–Crippen MR) is 79.0 cm³/mol. The van der Waals surface area contributed by atoms with Crippen LogP contribution in [0.3, 0.4) is 0 Å². The minimum Gasteiger partial charge on any atom is -0.479 e. The summed E-state index contributed by atoms with van der Waals surface area (Å²) in [5.41, 5.74) is 0. The topological polar surface area (TPSA) is 98.7 Å². The van der Waals surface area contributed by atoms with E-state index in [4.69, 9.17) is 10.2 Å². The first-order valence-electron chi connectivity index (χ1n) is 6.97. The molecule has 0 aliphatic heterocycles. The van der Waals surface area contributed by atoms with Gasteiger partial charge in [-0.1, -0.05) is 19.3 Å². The molecular weight excluding hydrogens is 280 g/mol. The van der Waals surface area contributed by atoms with Gasteiger partial charge in [-0.15, -0.1) is 0 Å². The van der Waals surface area contributed by atoms with Crippen LogP contribution in [0.1, 0.15) is 38.5 Å². The third-order valence-corrected chi connectivity index (χ3v) is 5.18.